The molecule has 1 aromatic carbocycles. The van der Waals surface area contributed by atoms with E-state index in [2.05, 4.69) is 10.1 Å². The maximum absolute atomic E-state index is 12.7. The third kappa shape index (κ3) is 1.69. The molecule has 0 radical (unpaired) electrons. The second-order valence-corrected chi connectivity index (χ2v) is 6.23. The standard InChI is InChI=1S/C15H12N4O2S/c1-8-13-10(7-12(20)18(8)2)17-19(14(13)21)15-16-9-5-3-4-6-11(9)22-15/h3-7,17H,1-2H3/p+1. The van der Waals surface area contributed by atoms with Crippen LogP contribution in [0.1, 0.15) is 5.69 Å². The molecule has 6 nitrogen and oxygen atoms in total. The van der Waals surface area contributed by atoms with E-state index in [9.17, 15) is 9.59 Å². The highest BCUT2D eigenvalue weighted by Gasteiger charge is 2.21. The predicted molar refractivity (Wildman–Crippen MR) is 85.8 cm³/mol. The van der Waals surface area contributed by atoms with Crippen LogP contribution < -0.4 is 16.1 Å². The lowest BCUT2D eigenvalue weighted by Crippen LogP contribution is -2.22. The Hall–Kier alpha value is -2.67. The highest BCUT2D eigenvalue weighted by Crippen LogP contribution is 2.20. The molecule has 7 heteroatoms. The number of rotatable bonds is 1. The smallest absolute Gasteiger partial charge is 0.315 e. The maximum atomic E-state index is 12.7. The topological polar surface area (TPSA) is 73.9 Å². The molecular formula is C15H13N4O2S+. The van der Waals surface area contributed by atoms with Gasteiger partial charge in [-0.15, -0.1) is 0 Å². The van der Waals surface area contributed by atoms with Gasteiger partial charge in [0.2, 0.25) is 0 Å². The SMILES string of the molecule is Cc1c2c(=O)n(-c3[nH+]c4ccccc4s3)[nH]c2cc(=O)n1C. The molecule has 0 fully saturated rings. The summed E-state index contributed by atoms with van der Waals surface area (Å²) in [7, 11) is 1.67. The first kappa shape index (κ1) is 13.0. The summed E-state index contributed by atoms with van der Waals surface area (Å²) in [6, 6.07) is 9.31. The molecule has 3 aromatic heterocycles. The van der Waals surface area contributed by atoms with Gasteiger partial charge in [0, 0.05) is 18.8 Å². The number of pyridine rings is 1. The highest BCUT2D eigenvalue weighted by molar-refractivity contribution is 7.20. The van der Waals surface area contributed by atoms with Crippen LogP contribution >= 0.6 is 11.3 Å². The molecule has 0 amide bonds. The summed E-state index contributed by atoms with van der Waals surface area (Å²) >= 11 is 1.49. The number of benzene rings is 1. The average Bonchev–Trinajstić information content (AvgIpc) is 3.06. The van der Waals surface area contributed by atoms with Gasteiger partial charge in [0.25, 0.3) is 5.56 Å². The van der Waals surface area contributed by atoms with Crippen molar-refractivity contribution in [3.05, 3.63) is 56.7 Å². The summed E-state index contributed by atoms with van der Waals surface area (Å²) in [6.45, 7) is 1.78. The van der Waals surface area contributed by atoms with Gasteiger partial charge in [-0.1, -0.05) is 16.8 Å². The number of aryl methyl sites for hydroxylation is 1. The Morgan fingerprint density at radius 3 is 2.77 bits per heavy atom. The zero-order valence-corrected chi connectivity index (χ0v) is 12.8. The van der Waals surface area contributed by atoms with Crippen LogP contribution in [-0.4, -0.2) is 14.3 Å². The summed E-state index contributed by atoms with van der Waals surface area (Å²) in [5.74, 6) is 0. The minimum Gasteiger partial charge on any atom is -0.315 e. The Balaban J connectivity index is 2.07. The van der Waals surface area contributed by atoms with Crippen molar-refractivity contribution in [2.45, 2.75) is 6.92 Å². The average molecular weight is 313 g/mol. The first-order chi connectivity index (χ1) is 10.6. The predicted octanol–water partition coefficient (Wildman–Crippen LogP) is 1.35. The molecule has 110 valence electrons. The van der Waals surface area contributed by atoms with Crippen LogP contribution in [0.4, 0.5) is 0 Å². The number of aromatic nitrogens is 4. The van der Waals surface area contributed by atoms with Gasteiger partial charge >= 0.3 is 10.7 Å². The van der Waals surface area contributed by atoms with Crippen LogP contribution in [0.15, 0.2) is 39.9 Å². The van der Waals surface area contributed by atoms with Gasteiger partial charge in [-0.3, -0.25) is 4.79 Å². The summed E-state index contributed by atoms with van der Waals surface area (Å²) in [6.07, 6.45) is 0. The number of thiazole rings is 1. The lowest BCUT2D eigenvalue weighted by molar-refractivity contribution is -0.334. The van der Waals surface area contributed by atoms with Crippen LogP contribution in [-0.2, 0) is 7.05 Å². The third-order valence-corrected chi connectivity index (χ3v) is 4.97. The Bertz CT molecular complexity index is 1110. The number of aromatic amines is 2. The van der Waals surface area contributed by atoms with Gasteiger partial charge in [0.1, 0.15) is 10.9 Å². The zero-order chi connectivity index (χ0) is 15.4. The van der Waals surface area contributed by atoms with Gasteiger partial charge in [0.05, 0.1) is 10.2 Å². The minimum atomic E-state index is -0.161. The molecule has 2 N–H and O–H groups in total. The van der Waals surface area contributed by atoms with Crippen molar-refractivity contribution < 1.29 is 4.98 Å². The Labute approximate surface area is 128 Å². The molecule has 0 bridgehead atoms. The fourth-order valence-corrected chi connectivity index (χ4v) is 3.57. The summed E-state index contributed by atoms with van der Waals surface area (Å²) in [5.41, 5.74) is 1.88. The molecule has 4 rings (SSSR count). The zero-order valence-electron chi connectivity index (χ0n) is 12.0. The van der Waals surface area contributed by atoms with Crippen molar-refractivity contribution in [3.63, 3.8) is 0 Å². The number of fused-ring (bicyclic) bond motifs is 2. The normalized spacial score (nSPS) is 11.5. The number of para-hydroxylation sites is 1. The van der Waals surface area contributed by atoms with E-state index in [0.717, 1.165) is 10.2 Å². The van der Waals surface area contributed by atoms with Crippen molar-refractivity contribution in [3.8, 4) is 5.13 Å². The van der Waals surface area contributed by atoms with Crippen molar-refractivity contribution in [2.24, 2.45) is 7.05 Å². The Kier molecular flexibility index (Phi) is 2.61. The van der Waals surface area contributed by atoms with Crippen molar-refractivity contribution in [2.75, 3.05) is 0 Å². The molecule has 22 heavy (non-hydrogen) atoms. The van der Waals surface area contributed by atoms with Crippen LogP contribution in [0, 0.1) is 6.92 Å². The van der Waals surface area contributed by atoms with E-state index in [-0.39, 0.29) is 11.1 Å². The highest BCUT2D eigenvalue weighted by atomic mass is 32.1. The van der Waals surface area contributed by atoms with Gasteiger partial charge in [-0.2, -0.15) is 0 Å². The fourth-order valence-electron chi connectivity index (χ4n) is 2.61. The fraction of sp³-hybridized carbons (Fsp3) is 0.133. The van der Waals surface area contributed by atoms with Gasteiger partial charge in [-0.05, 0) is 30.4 Å². The van der Waals surface area contributed by atoms with E-state index in [1.54, 1.807) is 14.0 Å². The minimum absolute atomic E-state index is 0.140. The third-order valence-electron chi connectivity index (χ3n) is 3.92. The molecule has 0 spiro atoms. The van der Waals surface area contributed by atoms with Gasteiger partial charge in [0.15, 0.2) is 0 Å². The Morgan fingerprint density at radius 2 is 2.00 bits per heavy atom. The van der Waals surface area contributed by atoms with Crippen molar-refractivity contribution in [1.82, 2.24) is 14.3 Å². The molecule has 0 aliphatic heterocycles. The summed E-state index contributed by atoms with van der Waals surface area (Å²) < 4.78 is 4.01. The van der Waals surface area contributed by atoms with E-state index in [4.69, 9.17) is 0 Å². The summed E-state index contributed by atoms with van der Waals surface area (Å²) in [5, 5.41) is 4.25. The molecule has 0 aliphatic carbocycles. The molecule has 0 saturated carbocycles. The molecule has 0 unspecified atom stereocenters. The van der Waals surface area contributed by atoms with Crippen LogP contribution in [0.3, 0.4) is 0 Å². The number of nitrogens with one attached hydrogen (secondary N) is 2. The summed E-state index contributed by atoms with van der Waals surface area (Å²) in [4.78, 5) is 27.8. The van der Waals surface area contributed by atoms with E-state index >= 15 is 0 Å². The molecular weight excluding hydrogens is 300 g/mol. The molecule has 0 aliphatic rings. The monoisotopic (exact) mass is 313 g/mol. The molecule has 0 saturated heterocycles. The molecule has 3 heterocycles. The van der Waals surface area contributed by atoms with Crippen molar-refractivity contribution in [1.29, 1.82) is 0 Å². The number of hydrogen-bond acceptors (Lipinski definition) is 3. The van der Waals surface area contributed by atoms with Gasteiger partial charge < -0.3 is 4.57 Å². The second-order valence-electron chi connectivity index (χ2n) is 5.20. The molecule has 4 aromatic rings. The molecule has 0 atom stereocenters. The second kappa shape index (κ2) is 4.41. The number of nitrogens with zero attached hydrogens (tertiary/aromatic N) is 2. The van der Waals surface area contributed by atoms with Crippen LogP contribution in [0.2, 0.25) is 0 Å². The lowest BCUT2D eigenvalue weighted by atomic mass is 10.2. The lowest BCUT2D eigenvalue weighted by Gasteiger charge is -2.00. The number of H-pyrrole nitrogens is 2. The van der Waals surface area contributed by atoms with E-state index < -0.39 is 0 Å². The van der Waals surface area contributed by atoms with Gasteiger partial charge in [-0.25, -0.2) is 14.9 Å². The Morgan fingerprint density at radius 1 is 1.23 bits per heavy atom. The first-order valence-corrected chi connectivity index (χ1v) is 7.60. The quantitative estimate of drug-likeness (QED) is 0.576. The van der Waals surface area contributed by atoms with Crippen LogP contribution in [0.5, 0.6) is 0 Å². The van der Waals surface area contributed by atoms with E-state index in [1.165, 1.54) is 26.7 Å². The van der Waals surface area contributed by atoms with Crippen LogP contribution in [0.25, 0.3) is 26.3 Å². The van der Waals surface area contributed by atoms with E-state index in [1.807, 2.05) is 24.3 Å². The first-order valence-electron chi connectivity index (χ1n) is 6.79. The number of hydrogen-bond donors (Lipinski definition) is 1. The van der Waals surface area contributed by atoms with E-state index in [0.29, 0.717) is 21.7 Å². The largest absolute Gasteiger partial charge is 0.369 e. The van der Waals surface area contributed by atoms with Crippen molar-refractivity contribution >= 4 is 32.5 Å². The maximum Gasteiger partial charge on any atom is 0.369 e.